The average Bonchev–Trinajstić information content (AvgIpc) is 2.80. The first-order valence-electron chi connectivity index (χ1n) is 11.0. The number of rotatable bonds is 4. The first-order chi connectivity index (χ1) is 14.7. The number of carbonyl (C=O) groups is 2. The summed E-state index contributed by atoms with van der Waals surface area (Å²) < 4.78 is 0. The summed E-state index contributed by atoms with van der Waals surface area (Å²) in [4.78, 5) is 34.7. The smallest absolute Gasteiger partial charge is 0.251 e. The predicted octanol–water partition coefficient (Wildman–Crippen LogP) is 2.72. The Morgan fingerprint density at radius 2 is 1.87 bits per heavy atom. The van der Waals surface area contributed by atoms with Gasteiger partial charge in [0.05, 0.1) is 6.04 Å². The number of anilines is 1. The number of benzene rings is 1. The molecule has 0 radical (unpaired) electrons. The lowest BCUT2D eigenvalue weighted by atomic mass is 9.72. The van der Waals surface area contributed by atoms with Crippen molar-refractivity contribution in [3.63, 3.8) is 0 Å². The first kappa shape index (κ1) is 19.1. The minimum absolute atomic E-state index is 0.0400. The zero-order valence-corrected chi connectivity index (χ0v) is 17.1. The predicted molar refractivity (Wildman–Crippen MR) is 115 cm³/mol. The molecule has 1 N–H and O–H groups in total. The minimum atomic E-state index is -0.0730. The van der Waals surface area contributed by atoms with Gasteiger partial charge in [0.25, 0.3) is 5.91 Å². The third kappa shape index (κ3) is 3.55. The fourth-order valence-electron chi connectivity index (χ4n) is 5.65. The van der Waals surface area contributed by atoms with Crippen molar-refractivity contribution in [2.75, 3.05) is 24.5 Å². The number of nitrogens with one attached hydrogen (secondary N) is 1. The molecule has 5 rings (SSSR count). The molecule has 6 heteroatoms. The van der Waals surface area contributed by atoms with Gasteiger partial charge in [0.1, 0.15) is 5.82 Å². The van der Waals surface area contributed by atoms with Crippen molar-refractivity contribution in [3.05, 3.63) is 60.3 Å². The van der Waals surface area contributed by atoms with Gasteiger partial charge in [-0.3, -0.25) is 9.59 Å². The topological polar surface area (TPSA) is 65.5 Å². The van der Waals surface area contributed by atoms with E-state index < -0.39 is 0 Å². The summed E-state index contributed by atoms with van der Waals surface area (Å²) >= 11 is 0. The number of hydrogen-bond donors (Lipinski definition) is 1. The van der Waals surface area contributed by atoms with Crippen LogP contribution in [0.4, 0.5) is 5.82 Å². The molecule has 1 aromatic carbocycles. The lowest BCUT2D eigenvalue weighted by Crippen LogP contribution is -2.67. The molecule has 2 amide bonds. The lowest BCUT2D eigenvalue weighted by molar-refractivity contribution is -0.148. The van der Waals surface area contributed by atoms with Crippen molar-refractivity contribution in [1.82, 2.24) is 15.2 Å². The Hall–Kier alpha value is -2.89. The van der Waals surface area contributed by atoms with Crippen molar-refractivity contribution in [2.24, 2.45) is 11.8 Å². The Balaban J connectivity index is 1.38. The monoisotopic (exact) mass is 404 g/mol. The SMILES string of the molecule is O=C(NC[C@H]1[C@H]2C[C@H](CN(c3ccccn3)C2)[C@@H]2CCCC(=O)N21)c1ccccc1. The van der Waals surface area contributed by atoms with Crippen LogP contribution in [0.15, 0.2) is 54.7 Å². The normalized spacial score (nSPS) is 28.1. The quantitative estimate of drug-likeness (QED) is 0.851. The van der Waals surface area contributed by atoms with Crippen LogP contribution in [0, 0.1) is 11.8 Å². The third-order valence-corrected chi connectivity index (χ3v) is 6.98. The van der Waals surface area contributed by atoms with E-state index in [-0.39, 0.29) is 23.9 Å². The molecule has 0 saturated carbocycles. The Labute approximate surface area is 177 Å². The van der Waals surface area contributed by atoms with E-state index in [1.807, 2.05) is 48.7 Å². The van der Waals surface area contributed by atoms with Crippen molar-refractivity contribution < 1.29 is 9.59 Å². The van der Waals surface area contributed by atoms with E-state index in [1.54, 1.807) is 0 Å². The van der Waals surface area contributed by atoms with Crippen LogP contribution in [0.1, 0.15) is 36.0 Å². The molecule has 0 unspecified atom stereocenters. The second kappa shape index (κ2) is 8.09. The highest BCUT2D eigenvalue weighted by molar-refractivity contribution is 5.94. The molecule has 3 aliphatic rings. The van der Waals surface area contributed by atoms with Gasteiger partial charge in [-0.1, -0.05) is 24.3 Å². The maximum atomic E-state index is 12.9. The van der Waals surface area contributed by atoms with Gasteiger partial charge in [0.2, 0.25) is 5.91 Å². The van der Waals surface area contributed by atoms with Crippen molar-refractivity contribution >= 4 is 17.6 Å². The van der Waals surface area contributed by atoms with Gasteiger partial charge >= 0.3 is 0 Å². The van der Waals surface area contributed by atoms with Gasteiger partial charge in [-0.15, -0.1) is 0 Å². The second-order valence-corrected chi connectivity index (χ2v) is 8.75. The zero-order valence-electron chi connectivity index (χ0n) is 17.1. The van der Waals surface area contributed by atoms with Crippen LogP contribution in [0.2, 0.25) is 0 Å². The number of aromatic nitrogens is 1. The molecule has 0 aliphatic carbocycles. The molecular formula is C24H28N4O2. The van der Waals surface area contributed by atoms with Crippen LogP contribution >= 0.6 is 0 Å². The van der Waals surface area contributed by atoms with Crippen molar-refractivity contribution in [1.29, 1.82) is 0 Å². The van der Waals surface area contributed by atoms with E-state index in [9.17, 15) is 9.59 Å². The number of pyridine rings is 1. The molecule has 1 aromatic heterocycles. The maximum Gasteiger partial charge on any atom is 0.251 e. The number of hydrogen-bond acceptors (Lipinski definition) is 4. The summed E-state index contributed by atoms with van der Waals surface area (Å²) in [7, 11) is 0. The summed E-state index contributed by atoms with van der Waals surface area (Å²) in [5, 5.41) is 3.11. The highest BCUT2D eigenvalue weighted by atomic mass is 16.2. The molecule has 2 bridgehead atoms. The number of carbonyl (C=O) groups excluding carboxylic acids is 2. The second-order valence-electron chi connectivity index (χ2n) is 8.75. The van der Waals surface area contributed by atoms with Gasteiger partial charge in [-0.05, 0) is 55.4 Å². The van der Waals surface area contributed by atoms with Gasteiger partial charge in [-0.25, -0.2) is 4.98 Å². The Morgan fingerprint density at radius 1 is 1.07 bits per heavy atom. The fraction of sp³-hybridized carbons (Fsp3) is 0.458. The lowest BCUT2D eigenvalue weighted by Gasteiger charge is -2.56. The molecule has 30 heavy (non-hydrogen) atoms. The van der Waals surface area contributed by atoms with Gasteiger partial charge in [-0.2, -0.15) is 0 Å². The molecule has 3 saturated heterocycles. The van der Waals surface area contributed by atoms with E-state index in [0.29, 0.717) is 30.4 Å². The molecule has 3 fully saturated rings. The van der Waals surface area contributed by atoms with Crippen LogP contribution in [0.5, 0.6) is 0 Å². The summed E-state index contributed by atoms with van der Waals surface area (Å²) in [5.41, 5.74) is 0.659. The van der Waals surface area contributed by atoms with E-state index in [1.165, 1.54) is 0 Å². The van der Waals surface area contributed by atoms with E-state index in [4.69, 9.17) is 0 Å². The highest BCUT2D eigenvalue weighted by Gasteiger charge is 2.49. The number of piperidine rings is 3. The van der Waals surface area contributed by atoms with E-state index in [2.05, 4.69) is 26.2 Å². The molecule has 4 heterocycles. The van der Waals surface area contributed by atoms with Crippen LogP contribution in [-0.2, 0) is 4.79 Å². The first-order valence-corrected chi connectivity index (χ1v) is 11.0. The standard InChI is InChI=1S/C24H28N4O2/c29-23-11-6-9-20-18-13-19(16-27(15-18)22-10-4-5-12-25-22)21(28(20)23)14-26-24(30)17-7-2-1-3-8-17/h1-5,7-8,10,12,18-21H,6,9,11,13-16H2,(H,26,30)/t18-,19+,20+,21+/m1/s1. The fourth-order valence-corrected chi connectivity index (χ4v) is 5.65. The Morgan fingerprint density at radius 3 is 2.67 bits per heavy atom. The number of nitrogens with zero attached hydrogens (tertiary/aromatic N) is 3. The van der Waals surface area contributed by atoms with Gasteiger partial charge in [0, 0.05) is 43.9 Å². The van der Waals surface area contributed by atoms with E-state index >= 15 is 0 Å². The molecule has 156 valence electrons. The molecular weight excluding hydrogens is 376 g/mol. The molecule has 6 nitrogen and oxygen atoms in total. The summed E-state index contributed by atoms with van der Waals surface area (Å²) in [5.74, 6) is 1.99. The molecule has 3 aliphatic heterocycles. The Kier molecular flexibility index (Phi) is 5.15. The molecule has 2 aromatic rings. The van der Waals surface area contributed by atoms with Crippen LogP contribution in [0.25, 0.3) is 0 Å². The largest absolute Gasteiger partial charge is 0.356 e. The van der Waals surface area contributed by atoms with Gasteiger partial charge in [0.15, 0.2) is 0 Å². The highest BCUT2D eigenvalue weighted by Crippen LogP contribution is 2.42. The minimum Gasteiger partial charge on any atom is -0.356 e. The molecule has 0 spiro atoms. The van der Waals surface area contributed by atoms with Gasteiger partial charge < -0.3 is 15.1 Å². The summed E-state index contributed by atoms with van der Waals surface area (Å²) in [6, 6.07) is 15.6. The third-order valence-electron chi connectivity index (χ3n) is 6.98. The average molecular weight is 405 g/mol. The molecule has 4 atom stereocenters. The van der Waals surface area contributed by atoms with Crippen LogP contribution < -0.4 is 10.2 Å². The maximum absolute atomic E-state index is 12.9. The number of fused-ring (bicyclic) bond motifs is 4. The summed E-state index contributed by atoms with van der Waals surface area (Å²) in [6.07, 6.45) is 5.61. The van der Waals surface area contributed by atoms with Crippen LogP contribution in [-0.4, -0.2) is 53.4 Å². The Bertz CT molecular complexity index is 904. The van der Waals surface area contributed by atoms with Crippen molar-refractivity contribution in [3.8, 4) is 0 Å². The summed E-state index contributed by atoms with van der Waals surface area (Å²) in [6.45, 7) is 2.32. The van der Waals surface area contributed by atoms with Crippen molar-refractivity contribution in [2.45, 2.75) is 37.8 Å². The van der Waals surface area contributed by atoms with Crippen LogP contribution in [0.3, 0.4) is 0 Å². The zero-order chi connectivity index (χ0) is 20.5. The van der Waals surface area contributed by atoms with E-state index in [0.717, 1.165) is 38.2 Å². The number of amides is 2.